The molecule has 2 fully saturated rings. The Morgan fingerprint density at radius 1 is 1.05 bits per heavy atom. The molecule has 2 aromatic rings. The van der Waals surface area contributed by atoms with Gasteiger partial charge in [-0.05, 0) is 60.8 Å². The van der Waals surface area contributed by atoms with E-state index in [2.05, 4.69) is 0 Å². The van der Waals surface area contributed by atoms with Crippen LogP contribution in [0.1, 0.15) is 41.1 Å². The lowest BCUT2D eigenvalue weighted by molar-refractivity contribution is -0.289. The van der Waals surface area contributed by atoms with Gasteiger partial charge in [0.15, 0.2) is 0 Å². The van der Waals surface area contributed by atoms with E-state index in [1.165, 1.54) is 23.1 Å². The third-order valence-electron chi connectivity index (χ3n) is 7.60. The number of piperidine rings is 1. The van der Waals surface area contributed by atoms with Crippen molar-refractivity contribution in [3.8, 4) is 5.75 Å². The summed E-state index contributed by atoms with van der Waals surface area (Å²) in [6.07, 6.45) is -3.89. The first kappa shape index (κ1) is 29.1. The lowest BCUT2D eigenvalue weighted by Gasteiger charge is -2.37. The molecule has 1 saturated carbocycles. The predicted molar refractivity (Wildman–Crippen MR) is 136 cm³/mol. The molecule has 2 amide bonds. The summed E-state index contributed by atoms with van der Waals surface area (Å²) in [6.45, 7) is 0.693. The van der Waals surface area contributed by atoms with Crippen molar-refractivity contribution >= 4 is 23.4 Å². The van der Waals surface area contributed by atoms with E-state index < -0.39 is 23.9 Å². The maximum Gasteiger partial charge on any atom is 0.454 e. The third-order valence-corrected chi connectivity index (χ3v) is 7.91. The lowest BCUT2D eigenvalue weighted by Crippen LogP contribution is -2.51. The van der Waals surface area contributed by atoms with Gasteiger partial charge in [-0.2, -0.15) is 22.0 Å². The van der Waals surface area contributed by atoms with Gasteiger partial charge < -0.3 is 14.5 Å². The van der Waals surface area contributed by atoms with Crippen LogP contribution in [0.15, 0.2) is 48.5 Å². The molecular formula is C28H30ClF5N2O3. The number of ether oxygens (including phenoxy) is 1. The molecule has 3 atom stereocenters. The highest BCUT2D eigenvalue weighted by molar-refractivity contribution is 6.34. The third kappa shape index (κ3) is 6.31. The number of hydrogen-bond acceptors (Lipinski definition) is 3. The molecule has 0 N–H and O–H groups in total. The zero-order valence-electron chi connectivity index (χ0n) is 21.6. The summed E-state index contributed by atoms with van der Waals surface area (Å²) in [5.41, 5.74) is 0.0210. The Labute approximate surface area is 228 Å². The Morgan fingerprint density at radius 2 is 1.69 bits per heavy atom. The molecule has 1 heterocycles. The van der Waals surface area contributed by atoms with Crippen LogP contribution >= 0.6 is 11.6 Å². The molecule has 5 nitrogen and oxygen atoms in total. The number of hydrogen-bond donors (Lipinski definition) is 0. The number of rotatable bonds is 8. The van der Waals surface area contributed by atoms with Crippen molar-refractivity contribution in [2.45, 2.75) is 37.3 Å². The maximum absolute atomic E-state index is 14.5. The standard InChI is InChI=1S/C28H30ClF5N2O3/c1-35(2)25(37)21-9-8-20(15-23(21)29)39-16-19-14-22(19)17-10-12-36(13-11-17)26(38)24(18-6-4-3-5-7-18)27(30,31)28(32,33)34/h3-9,15,17,19,22,24H,10-14,16H2,1-2H3/t19-,22-,24-/m0/s1. The molecule has 0 spiro atoms. The number of halogens is 6. The topological polar surface area (TPSA) is 49.9 Å². The Kier molecular flexibility index (Phi) is 8.44. The van der Waals surface area contributed by atoms with Gasteiger partial charge >= 0.3 is 12.1 Å². The van der Waals surface area contributed by atoms with Crippen molar-refractivity contribution < 1.29 is 36.3 Å². The molecule has 212 valence electrons. The smallest absolute Gasteiger partial charge is 0.454 e. The molecular weight excluding hydrogens is 543 g/mol. The normalized spacial score (nSPS) is 20.9. The van der Waals surface area contributed by atoms with Crippen LogP contribution in [0.25, 0.3) is 0 Å². The number of likely N-dealkylation sites (tertiary alicyclic amines) is 1. The van der Waals surface area contributed by atoms with Crippen LogP contribution in [0.4, 0.5) is 22.0 Å². The highest BCUT2D eigenvalue weighted by Crippen LogP contribution is 2.50. The maximum atomic E-state index is 14.5. The van der Waals surface area contributed by atoms with E-state index >= 15 is 0 Å². The van der Waals surface area contributed by atoms with Crippen LogP contribution in [-0.4, -0.2) is 67.5 Å². The van der Waals surface area contributed by atoms with Crippen molar-refractivity contribution in [2.24, 2.45) is 17.8 Å². The first-order valence-electron chi connectivity index (χ1n) is 12.7. The molecule has 0 unspecified atom stereocenters. The summed E-state index contributed by atoms with van der Waals surface area (Å²) in [4.78, 5) is 27.7. The van der Waals surface area contributed by atoms with Crippen LogP contribution in [-0.2, 0) is 4.79 Å². The quantitative estimate of drug-likeness (QED) is 0.350. The van der Waals surface area contributed by atoms with Gasteiger partial charge in [0.2, 0.25) is 5.91 Å². The summed E-state index contributed by atoms with van der Waals surface area (Å²) in [7, 11) is 3.27. The largest absolute Gasteiger partial charge is 0.493 e. The van der Waals surface area contributed by atoms with Crippen molar-refractivity contribution in [3.05, 3.63) is 64.7 Å². The van der Waals surface area contributed by atoms with E-state index in [4.69, 9.17) is 16.3 Å². The number of amides is 2. The zero-order chi connectivity index (χ0) is 28.5. The number of nitrogens with zero attached hydrogens (tertiary/aromatic N) is 2. The Morgan fingerprint density at radius 3 is 2.26 bits per heavy atom. The molecule has 0 aromatic heterocycles. The molecule has 2 aliphatic rings. The van der Waals surface area contributed by atoms with Gasteiger partial charge in [-0.15, -0.1) is 0 Å². The summed E-state index contributed by atoms with van der Waals surface area (Å²) in [5.74, 6) is -7.87. The van der Waals surface area contributed by atoms with Crippen molar-refractivity contribution in [1.29, 1.82) is 0 Å². The Bertz CT molecular complexity index is 1180. The highest BCUT2D eigenvalue weighted by Gasteiger charge is 2.65. The Balaban J connectivity index is 1.32. The summed E-state index contributed by atoms with van der Waals surface area (Å²) < 4.78 is 74.6. The molecule has 11 heteroatoms. The molecule has 4 rings (SSSR count). The molecule has 1 aliphatic heterocycles. The lowest BCUT2D eigenvalue weighted by atomic mass is 9.87. The zero-order valence-corrected chi connectivity index (χ0v) is 22.3. The number of carbonyl (C=O) groups is 2. The van der Waals surface area contributed by atoms with Gasteiger partial charge in [-0.3, -0.25) is 9.59 Å². The first-order valence-corrected chi connectivity index (χ1v) is 13.1. The fourth-order valence-electron chi connectivity index (χ4n) is 5.29. The summed E-state index contributed by atoms with van der Waals surface area (Å²) in [6, 6.07) is 11.3. The van der Waals surface area contributed by atoms with Gasteiger partial charge in [0.25, 0.3) is 5.91 Å². The van der Waals surface area contributed by atoms with Crippen LogP contribution in [0.3, 0.4) is 0 Å². The van der Waals surface area contributed by atoms with Crippen LogP contribution < -0.4 is 4.74 Å². The highest BCUT2D eigenvalue weighted by atomic mass is 35.5. The fourth-order valence-corrected chi connectivity index (χ4v) is 5.54. The molecule has 0 radical (unpaired) electrons. The van der Waals surface area contributed by atoms with E-state index in [0.717, 1.165) is 23.5 Å². The van der Waals surface area contributed by atoms with Gasteiger partial charge in [-0.1, -0.05) is 41.9 Å². The van der Waals surface area contributed by atoms with Gasteiger partial charge in [-0.25, -0.2) is 0 Å². The van der Waals surface area contributed by atoms with Crippen LogP contribution in [0, 0.1) is 17.8 Å². The second-order valence-electron chi connectivity index (χ2n) is 10.4. The molecule has 39 heavy (non-hydrogen) atoms. The number of alkyl halides is 5. The van der Waals surface area contributed by atoms with E-state index in [1.54, 1.807) is 32.3 Å². The molecule has 1 aliphatic carbocycles. The van der Waals surface area contributed by atoms with Crippen molar-refractivity contribution in [1.82, 2.24) is 9.80 Å². The second-order valence-corrected chi connectivity index (χ2v) is 10.8. The van der Waals surface area contributed by atoms with Gasteiger partial charge in [0.05, 0.1) is 17.2 Å². The van der Waals surface area contributed by atoms with Crippen molar-refractivity contribution in [2.75, 3.05) is 33.8 Å². The average Bonchev–Trinajstić information content (AvgIpc) is 3.67. The van der Waals surface area contributed by atoms with Crippen molar-refractivity contribution in [3.63, 3.8) is 0 Å². The van der Waals surface area contributed by atoms with Gasteiger partial charge in [0.1, 0.15) is 11.7 Å². The molecule has 0 bridgehead atoms. The van der Waals surface area contributed by atoms with E-state index in [1.807, 2.05) is 0 Å². The first-order chi connectivity index (χ1) is 18.3. The molecule has 1 saturated heterocycles. The van der Waals surface area contributed by atoms with Crippen LogP contribution in [0.2, 0.25) is 5.02 Å². The predicted octanol–water partition coefficient (Wildman–Crippen LogP) is 6.28. The summed E-state index contributed by atoms with van der Waals surface area (Å²) in [5, 5.41) is 0.292. The van der Waals surface area contributed by atoms with Crippen LogP contribution in [0.5, 0.6) is 5.75 Å². The minimum atomic E-state index is -5.85. The minimum Gasteiger partial charge on any atom is -0.493 e. The fraction of sp³-hybridized carbons (Fsp3) is 0.500. The monoisotopic (exact) mass is 572 g/mol. The van der Waals surface area contributed by atoms with E-state index in [-0.39, 0.29) is 36.4 Å². The van der Waals surface area contributed by atoms with E-state index in [0.29, 0.717) is 41.7 Å². The number of benzene rings is 2. The van der Waals surface area contributed by atoms with E-state index in [9.17, 15) is 31.5 Å². The van der Waals surface area contributed by atoms with Gasteiger partial charge in [0, 0.05) is 27.2 Å². The SMILES string of the molecule is CN(C)C(=O)c1ccc(OC[C@@H]2C[C@H]2C2CCN(C(=O)[C@H](c3ccccc3)C(F)(F)C(F)(F)F)CC2)cc1Cl. The average molecular weight is 573 g/mol. The minimum absolute atomic E-state index is 0.127. The Hall–Kier alpha value is -2.88. The summed E-state index contributed by atoms with van der Waals surface area (Å²) >= 11 is 6.23. The molecule has 2 aromatic carbocycles. The number of carbonyl (C=O) groups excluding carboxylic acids is 2. The second kappa shape index (κ2) is 11.3.